The number of hydrogen-bond acceptors (Lipinski definition) is 2. The maximum Gasteiger partial charge on any atom is 0.303 e. The minimum atomic E-state index is -0.709. The number of carboxylic acids is 1. The molecule has 0 aliphatic carbocycles. The van der Waals surface area contributed by atoms with E-state index in [0.29, 0.717) is 6.42 Å². The summed E-state index contributed by atoms with van der Waals surface area (Å²) < 4.78 is 0. The highest BCUT2D eigenvalue weighted by molar-refractivity contribution is 5.89. The van der Waals surface area contributed by atoms with E-state index in [4.69, 9.17) is 5.11 Å². The lowest BCUT2D eigenvalue weighted by atomic mass is 10.1. The molecule has 120 valence electrons. The molecule has 0 bridgehead atoms. The number of rotatable bonds is 14. The Labute approximate surface area is 129 Å². The van der Waals surface area contributed by atoms with Crippen LogP contribution < -0.4 is 0 Å². The minimum absolute atomic E-state index is 0.212. The molecule has 0 aromatic heterocycles. The van der Waals surface area contributed by atoms with Gasteiger partial charge >= 0.3 is 5.97 Å². The third-order valence-electron chi connectivity index (χ3n) is 3.32. The molecule has 0 spiro atoms. The first-order valence-corrected chi connectivity index (χ1v) is 8.24. The smallest absolute Gasteiger partial charge is 0.303 e. The van der Waals surface area contributed by atoms with Crippen molar-refractivity contribution in [2.45, 2.75) is 77.6 Å². The van der Waals surface area contributed by atoms with Gasteiger partial charge in [-0.05, 0) is 31.8 Å². The quantitative estimate of drug-likeness (QED) is 0.277. The molecule has 0 saturated carbocycles. The molecular formula is C18H30O3. The molecule has 0 aliphatic heterocycles. The van der Waals surface area contributed by atoms with Crippen LogP contribution in [-0.4, -0.2) is 16.9 Å². The molecule has 0 radical (unpaired) electrons. The van der Waals surface area contributed by atoms with Crippen molar-refractivity contribution in [3.8, 4) is 0 Å². The second-order valence-electron chi connectivity index (χ2n) is 5.41. The second-order valence-corrected chi connectivity index (χ2v) is 5.41. The van der Waals surface area contributed by atoms with Gasteiger partial charge in [0.05, 0.1) is 0 Å². The molecule has 0 atom stereocenters. The lowest BCUT2D eigenvalue weighted by Gasteiger charge is -1.96. The maximum absolute atomic E-state index is 11.5. The van der Waals surface area contributed by atoms with E-state index in [9.17, 15) is 9.59 Å². The van der Waals surface area contributed by atoms with Crippen LogP contribution in [0.4, 0.5) is 0 Å². The van der Waals surface area contributed by atoms with E-state index in [0.717, 1.165) is 44.9 Å². The van der Waals surface area contributed by atoms with Gasteiger partial charge in [-0.15, -0.1) is 0 Å². The van der Waals surface area contributed by atoms with Crippen LogP contribution in [-0.2, 0) is 9.59 Å². The Bertz CT molecular complexity index is 329. The summed E-state index contributed by atoms with van der Waals surface area (Å²) in [6, 6.07) is 0. The van der Waals surface area contributed by atoms with Crippen LogP contribution in [0.1, 0.15) is 77.6 Å². The third-order valence-corrected chi connectivity index (χ3v) is 3.32. The van der Waals surface area contributed by atoms with Gasteiger partial charge in [-0.3, -0.25) is 9.59 Å². The molecule has 21 heavy (non-hydrogen) atoms. The van der Waals surface area contributed by atoms with Gasteiger partial charge in [-0.1, -0.05) is 57.3 Å². The molecule has 0 saturated heterocycles. The van der Waals surface area contributed by atoms with E-state index in [1.807, 2.05) is 12.2 Å². The Morgan fingerprint density at radius 3 is 2.24 bits per heavy atom. The fourth-order valence-electron chi connectivity index (χ4n) is 2.04. The highest BCUT2D eigenvalue weighted by Crippen LogP contribution is 2.06. The van der Waals surface area contributed by atoms with Gasteiger partial charge in [0.2, 0.25) is 0 Å². The van der Waals surface area contributed by atoms with E-state index in [-0.39, 0.29) is 12.2 Å². The van der Waals surface area contributed by atoms with Gasteiger partial charge < -0.3 is 5.11 Å². The Morgan fingerprint density at radius 2 is 1.52 bits per heavy atom. The van der Waals surface area contributed by atoms with Crippen LogP contribution in [0.2, 0.25) is 0 Å². The summed E-state index contributed by atoms with van der Waals surface area (Å²) in [6.07, 6.45) is 17.9. The standard InChI is InChI=1S/C18H30O3/c1-2-3-4-11-14-17(19)15-12-9-7-5-6-8-10-13-16-18(20)21/h7,9,12,15H,2-6,8,10-11,13-14,16H2,1H3,(H,20,21)/b9-7+,15-12+. The van der Waals surface area contributed by atoms with Gasteiger partial charge in [0.15, 0.2) is 5.78 Å². The first-order chi connectivity index (χ1) is 10.2. The van der Waals surface area contributed by atoms with Crippen molar-refractivity contribution >= 4 is 11.8 Å². The first-order valence-electron chi connectivity index (χ1n) is 8.24. The zero-order valence-corrected chi connectivity index (χ0v) is 13.4. The predicted octanol–water partition coefficient (Wildman–Crippen LogP) is 5.06. The summed E-state index contributed by atoms with van der Waals surface area (Å²) in [5.41, 5.74) is 0. The summed E-state index contributed by atoms with van der Waals surface area (Å²) in [5, 5.41) is 8.49. The van der Waals surface area contributed by atoms with E-state index < -0.39 is 5.97 Å². The molecule has 1 N–H and O–H groups in total. The van der Waals surface area contributed by atoms with Crippen LogP contribution >= 0.6 is 0 Å². The van der Waals surface area contributed by atoms with Crippen LogP contribution in [0.5, 0.6) is 0 Å². The van der Waals surface area contributed by atoms with Gasteiger partial charge in [0, 0.05) is 12.8 Å². The van der Waals surface area contributed by atoms with Crippen molar-refractivity contribution in [2.75, 3.05) is 0 Å². The lowest BCUT2D eigenvalue weighted by molar-refractivity contribution is -0.137. The fourth-order valence-corrected chi connectivity index (χ4v) is 2.04. The van der Waals surface area contributed by atoms with E-state index in [2.05, 4.69) is 13.0 Å². The summed E-state index contributed by atoms with van der Waals surface area (Å²) in [4.78, 5) is 21.8. The molecule has 0 aromatic rings. The van der Waals surface area contributed by atoms with Gasteiger partial charge in [0.1, 0.15) is 0 Å². The highest BCUT2D eigenvalue weighted by Gasteiger charge is 1.96. The maximum atomic E-state index is 11.5. The summed E-state index contributed by atoms with van der Waals surface area (Å²) in [6.45, 7) is 2.17. The minimum Gasteiger partial charge on any atom is -0.481 e. The largest absolute Gasteiger partial charge is 0.481 e. The Balaban J connectivity index is 3.43. The van der Waals surface area contributed by atoms with Gasteiger partial charge in [-0.2, -0.15) is 0 Å². The third kappa shape index (κ3) is 16.6. The van der Waals surface area contributed by atoms with Crippen LogP contribution in [0.25, 0.3) is 0 Å². The van der Waals surface area contributed by atoms with E-state index in [1.54, 1.807) is 6.08 Å². The number of aliphatic carboxylic acids is 1. The van der Waals surface area contributed by atoms with Crippen molar-refractivity contribution < 1.29 is 14.7 Å². The number of ketones is 1. The topological polar surface area (TPSA) is 54.4 Å². The molecule has 0 aliphatic rings. The molecule has 0 unspecified atom stereocenters. The zero-order valence-electron chi connectivity index (χ0n) is 13.4. The molecule has 0 rings (SSSR count). The lowest BCUT2D eigenvalue weighted by Crippen LogP contribution is -1.93. The molecule has 0 aromatic carbocycles. The van der Waals surface area contributed by atoms with Crippen LogP contribution in [0, 0.1) is 0 Å². The zero-order chi connectivity index (χ0) is 15.8. The van der Waals surface area contributed by atoms with E-state index in [1.165, 1.54) is 12.8 Å². The van der Waals surface area contributed by atoms with Crippen molar-refractivity contribution in [1.82, 2.24) is 0 Å². The Morgan fingerprint density at radius 1 is 0.857 bits per heavy atom. The number of carbonyl (C=O) groups is 2. The fraction of sp³-hybridized carbons (Fsp3) is 0.667. The molecule has 3 heteroatoms. The second kappa shape index (κ2) is 15.0. The van der Waals surface area contributed by atoms with Crippen molar-refractivity contribution in [1.29, 1.82) is 0 Å². The number of hydrogen-bond donors (Lipinski definition) is 1. The number of allylic oxidation sites excluding steroid dienone is 4. The summed E-state index contributed by atoms with van der Waals surface area (Å²) >= 11 is 0. The van der Waals surface area contributed by atoms with Crippen LogP contribution in [0.3, 0.4) is 0 Å². The monoisotopic (exact) mass is 294 g/mol. The summed E-state index contributed by atoms with van der Waals surface area (Å²) in [7, 11) is 0. The number of carboxylic acid groups (broad SMARTS) is 1. The van der Waals surface area contributed by atoms with E-state index >= 15 is 0 Å². The highest BCUT2D eigenvalue weighted by atomic mass is 16.4. The first kappa shape index (κ1) is 19.6. The van der Waals surface area contributed by atoms with Gasteiger partial charge in [-0.25, -0.2) is 0 Å². The number of unbranched alkanes of at least 4 members (excludes halogenated alkanes) is 7. The Kier molecular flexibility index (Phi) is 14.0. The van der Waals surface area contributed by atoms with Crippen molar-refractivity contribution in [3.63, 3.8) is 0 Å². The Hall–Kier alpha value is -1.38. The summed E-state index contributed by atoms with van der Waals surface area (Å²) in [5.74, 6) is -0.496. The van der Waals surface area contributed by atoms with Gasteiger partial charge in [0.25, 0.3) is 0 Å². The molecule has 0 amide bonds. The van der Waals surface area contributed by atoms with Crippen molar-refractivity contribution in [2.24, 2.45) is 0 Å². The normalized spacial score (nSPS) is 11.5. The molecule has 0 heterocycles. The van der Waals surface area contributed by atoms with Crippen LogP contribution in [0.15, 0.2) is 24.3 Å². The molecular weight excluding hydrogens is 264 g/mol. The molecule has 0 fully saturated rings. The number of carbonyl (C=O) groups excluding carboxylic acids is 1. The molecule has 3 nitrogen and oxygen atoms in total. The van der Waals surface area contributed by atoms with Crippen molar-refractivity contribution in [3.05, 3.63) is 24.3 Å². The SMILES string of the molecule is CCCCCCC(=O)/C=C/C=C/CCCCCCC(=O)O. The average molecular weight is 294 g/mol. The average Bonchev–Trinajstić information content (AvgIpc) is 2.45. The predicted molar refractivity (Wildman–Crippen MR) is 87.4 cm³/mol.